The Morgan fingerprint density at radius 1 is 1.22 bits per heavy atom. The largest absolute Gasteiger partial charge is 0.467 e. The van der Waals surface area contributed by atoms with E-state index in [1.54, 1.807) is 35.3 Å². The third-order valence-corrected chi connectivity index (χ3v) is 3.69. The lowest BCUT2D eigenvalue weighted by Crippen LogP contribution is -2.25. The van der Waals surface area contributed by atoms with Gasteiger partial charge in [-0.25, -0.2) is 4.68 Å². The van der Waals surface area contributed by atoms with Crippen LogP contribution in [0.4, 0.5) is 5.69 Å². The van der Waals surface area contributed by atoms with Crippen LogP contribution in [0.3, 0.4) is 0 Å². The smallest absolute Gasteiger partial charge is 0.276 e. The molecule has 10 heteroatoms. The topological polar surface area (TPSA) is 116 Å². The fourth-order valence-corrected chi connectivity index (χ4v) is 2.38. The van der Waals surface area contributed by atoms with E-state index in [0.717, 1.165) is 0 Å². The Hall–Kier alpha value is -3.40. The van der Waals surface area contributed by atoms with E-state index >= 15 is 0 Å². The van der Waals surface area contributed by atoms with Crippen LogP contribution >= 0.6 is 0 Å². The average Bonchev–Trinajstić information content (AvgIpc) is 3.40. The molecule has 0 fully saturated rings. The Morgan fingerprint density at radius 3 is 2.78 bits per heavy atom. The Balaban J connectivity index is 1.72. The van der Waals surface area contributed by atoms with Crippen molar-refractivity contribution in [3.63, 3.8) is 0 Å². The first-order valence-corrected chi connectivity index (χ1v) is 8.32. The zero-order chi connectivity index (χ0) is 19.2. The summed E-state index contributed by atoms with van der Waals surface area (Å²) in [5.41, 5.74) is 0.631. The summed E-state index contributed by atoms with van der Waals surface area (Å²) in [6.45, 7) is 2.90. The van der Waals surface area contributed by atoms with Gasteiger partial charge in [0, 0.05) is 26.0 Å². The molecule has 0 aromatic carbocycles. The summed E-state index contributed by atoms with van der Waals surface area (Å²) in [5.74, 6) is -0.244. The lowest BCUT2D eigenvalue weighted by molar-refractivity contribution is 0.0943. The SMILES string of the molecule is CCn1cc(NC(=O)c2ccn(COC)n2)c(C(=O)NCc2ccco2)n1. The van der Waals surface area contributed by atoms with Gasteiger partial charge in [-0.2, -0.15) is 10.2 Å². The first kappa shape index (κ1) is 18.4. The molecule has 3 rings (SSSR count). The van der Waals surface area contributed by atoms with Crippen molar-refractivity contribution in [1.29, 1.82) is 0 Å². The van der Waals surface area contributed by atoms with Gasteiger partial charge < -0.3 is 19.8 Å². The van der Waals surface area contributed by atoms with Crippen molar-refractivity contribution in [3.05, 3.63) is 54.0 Å². The average molecular weight is 372 g/mol. The van der Waals surface area contributed by atoms with Gasteiger partial charge in [0.05, 0.1) is 18.5 Å². The third kappa shape index (κ3) is 4.42. The van der Waals surface area contributed by atoms with Crippen LogP contribution < -0.4 is 10.6 Å². The molecule has 27 heavy (non-hydrogen) atoms. The summed E-state index contributed by atoms with van der Waals surface area (Å²) in [5, 5.41) is 13.7. The lowest BCUT2D eigenvalue weighted by Gasteiger charge is -2.04. The number of amides is 2. The number of hydrogen-bond acceptors (Lipinski definition) is 6. The highest BCUT2D eigenvalue weighted by Gasteiger charge is 2.20. The Kier molecular flexibility index (Phi) is 5.67. The predicted octanol–water partition coefficient (Wildman–Crippen LogP) is 1.48. The summed E-state index contributed by atoms with van der Waals surface area (Å²) in [4.78, 5) is 24.9. The summed E-state index contributed by atoms with van der Waals surface area (Å²) >= 11 is 0. The van der Waals surface area contributed by atoms with Crippen molar-refractivity contribution in [2.45, 2.75) is 26.7 Å². The molecule has 0 atom stereocenters. The quantitative estimate of drug-likeness (QED) is 0.619. The van der Waals surface area contributed by atoms with Gasteiger partial charge in [0.2, 0.25) is 0 Å². The number of hydrogen-bond donors (Lipinski definition) is 2. The minimum Gasteiger partial charge on any atom is -0.467 e. The van der Waals surface area contributed by atoms with Gasteiger partial charge in [-0.3, -0.25) is 14.3 Å². The zero-order valence-corrected chi connectivity index (χ0v) is 15.0. The maximum absolute atomic E-state index is 12.5. The molecule has 0 aliphatic heterocycles. The summed E-state index contributed by atoms with van der Waals surface area (Å²) in [6, 6.07) is 5.06. The van der Waals surface area contributed by atoms with Gasteiger partial charge >= 0.3 is 0 Å². The maximum atomic E-state index is 12.5. The number of ether oxygens (including phenoxy) is 1. The van der Waals surface area contributed by atoms with E-state index in [-0.39, 0.29) is 24.7 Å². The normalized spacial score (nSPS) is 10.7. The van der Waals surface area contributed by atoms with Crippen LogP contribution in [0.15, 0.2) is 41.3 Å². The van der Waals surface area contributed by atoms with E-state index < -0.39 is 11.8 Å². The highest BCUT2D eigenvalue weighted by atomic mass is 16.5. The first-order chi connectivity index (χ1) is 13.1. The molecule has 2 amide bonds. The number of aromatic nitrogens is 4. The molecule has 0 spiro atoms. The van der Waals surface area contributed by atoms with E-state index in [9.17, 15) is 9.59 Å². The van der Waals surface area contributed by atoms with Crippen molar-refractivity contribution >= 4 is 17.5 Å². The molecule has 142 valence electrons. The van der Waals surface area contributed by atoms with Crippen LogP contribution in [-0.4, -0.2) is 38.5 Å². The molecule has 3 heterocycles. The molecule has 3 aromatic rings. The number of anilines is 1. The van der Waals surface area contributed by atoms with Gasteiger partial charge in [0.25, 0.3) is 11.8 Å². The molecule has 0 bridgehead atoms. The van der Waals surface area contributed by atoms with Gasteiger partial charge in [-0.05, 0) is 25.1 Å². The van der Waals surface area contributed by atoms with Crippen molar-refractivity contribution in [2.75, 3.05) is 12.4 Å². The second-order valence-corrected chi connectivity index (χ2v) is 5.62. The number of nitrogens with zero attached hydrogens (tertiary/aromatic N) is 4. The Bertz CT molecular complexity index is 912. The van der Waals surface area contributed by atoms with Crippen LogP contribution in [0.1, 0.15) is 33.7 Å². The Morgan fingerprint density at radius 2 is 2.07 bits per heavy atom. The van der Waals surface area contributed by atoms with Crippen LogP contribution in [0.2, 0.25) is 0 Å². The van der Waals surface area contributed by atoms with Crippen molar-refractivity contribution < 1.29 is 18.7 Å². The van der Waals surface area contributed by atoms with Gasteiger partial charge in [-0.1, -0.05) is 0 Å². The number of furan rings is 1. The number of carbonyl (C=O) groups excluding carboxylic acids is 2. The number of carbonyl (C=O) groups is 2. The Labute approximate surface area is 155 Å². The molecule has 10 nitrogen and oxygen atoms in total. The van der Waals surface area contributed by atoms with E-state index in [0.29, 0.717) is 18.0 Å². The molecule has 2 N–H and O–H groups in total. The number of aryl methyl sites for hydroxylation is 1. The van der Waals surface area contributed by atoms with Crippen molar-refractivity contribution in [1.82, 2.24) is 24.9 Å². The van der Waals surface area contributed by atoms with Crippen molar-refractivity contribution in [2.24, 2.45) is 0 Å². The summed E-state index contributed by atoms with van der Waals surface area (Å²) in [7, 11) is 1.54. The fraction of sp³-hybridized carbons (Fsp3) is 0.294. The molecule has 0 radical (unpaired) electrons. The van der Waals surface area contributed by atoms with E-state index in [1.165, 1.54) is 18.1 Å². The minimum atomic E-state index is -0.444. The van der Waals surface area contributed by atoms with E-state index in [2.05, 4.69) is 20.8 Å². The fourth-order valence-electron chi connectivity index (χ4n) is 2.38. The van der Waals surface area contributed by atoms with Crippen LogP contribution in [0, 0.1) is 0 Å². The standard InChI is InChI=1S/C17H20N6O4/c1-3-22-10-14(19-16(24)13-6-7-23(20-13)11-26-2)15(21-22)17(25)18-9-12-5-4-8-27-12/h4-8,10H,3,9,11H2,1-2H3,(H,18,25)(H,19,24). The van der Waals surface area contributed by atoms with Crippen molar-refractivity contribution in [3.8, 4) is 0 Å². The monoisotopic (exact) mass is 372 g/mol. The molecule has 3 aromatic heterocycles. The second-order valence-electron chi connectivity index (χ2n) is 5.62. The van der Waals surface area contributed by atoms with Gasteiger partial charge in [-0.15, -0.1) is 0 Å². The second kappa shape index (κ2) is 8.32. The van der Waals surface area contributed by atoms with Crippen LogP contribution in [0.5, 0.6) is 0 Å². The molecule has 0 unspecified atom stereocenters. The third-order valence-electron chi connectivity index (χ3n) is 3.69. The molecule has 0 aliphatic carbocycles. The van der Waals surface area contributed by atoms with E-state index in [4.69, 9.17) is 9.15 Å². The van der Waals surface area contributed by atoms with Crippen LogP contribution in [0.25, 0.3) is 0 Å². The number of rotatable bonds is 8. The molecule has 0 saturated carbocycles. The van der Waals surface area contributed by atoms with Gasteiger partial charge in [0.15, 0.2) is 11.4 Å². The van der Waals surface area contributed by atoms with Crippen LogP contribution in [-0.2, 0) is 24.6 Å². The summed E-state index contributed by atoms with van der Waals surface area (Å²) in [6.07, 6.45) is 4.76. The molecular formula is C17H20N6O4. The minimum absolute atomic E-state index is 0.119. The maximum Gasteiger partial charge on any atom is 0.276 e. The highest BCUT2D eigenvalue weighted by Crippen LogP contribution is 2.15. The number of nitrogens with one attached hydrogen (secondary N) is 2. The van der Waals surface area contributed by atoms with Gasteiger partial charge in [0.1, 0.15) is 12.5 Å². The first-order valence-electron chi connectivity index (χ1n) is 8.32. The molecule has 0 aliphatic rings. The summed E-state index contributed by atoms with van der Waals surface area (Å²) < 4.78 is 13.2. The molecule has 0 saturated heterocycles. The number of methoxy groups -OCH3 is 1. The lowest BCUT2D eigenvalue weighted by atomic mass is 10.3. The van der Waals surface area contributed by atoms with E-state index in [1.807, 2.05) is 6.92 Å². The predicted molar refractivity (Wildman–Crippen MR) is 95.0 cm³/mol. The molecular weight excluding hydrogens is 352 g/mol. The highest BCUT2D eigenvalue weighted by molar-refractivity contribution is 6.07. The zero-order valence-electron chi connectivity index (χ0n) is 15.0.